The van der Waals surface area contributed by atoms with Crippen LogP contribution in [0.2, 0.25) is 0 Å². The molecule has 57 heavy (non-hydrogen) atoms. The van der Waals surface area contributed by atoms with Crippen molar-refractivity contribution in [1.29, 1.82) is 0 Å². The summed E-state index contributed by atoms with van der Waals surface area (Å²) in [5.41, 5.74) is 16.7. The first-order valence-corrected chi connectivity index (χ1v) is 20.8. The zero-order chi connectivity index (χ0) is 37.2. The van der Waals surface area contributed by atoms with Crippen LogP contribution in [0.5, 0.6) is 0 Å². The number of hydrogen-bond acceptors (Lipinski definition) is 3. The zero-order valence-corrected chi connectivity index (χ0v) is 31.7. The number of hydrogen-bond donors (Lipinski definition) is 0. The number of para-hydroxylation sites is 2. The second-order valence-corrected chi connectivity index (χ2v) is 17.3. The molecule has 1 spiro atoms. The summed E-state index contributed by atoms with van der Waals surface area (Å²) in [4.78, 5) is 11.1. The highest BCUT2D eigenvalue weighted by Gasteiger charge is 2.62. The molecule has 2 heterocycles. The Hall–Kier alpha value is -6.32. The first kappa shape index (κ1) is 31.8. The van der Waals surface area contributed by atoms with Crippen LogP contribution < -0.4 is 0 Å². The van der Waals surface area contributed by atoms with Crippen LogP contribution in [0, 0.1) is 23.7 Å². The maximum atomic E-state index is 6.50. The van der Waals surface area contributed by atoms with E-state index in [1.165, 1.54) is 82.2 Å². The van der Waals surface area contributed by atoms with E-state index >= 15 is 0 Å². The summed E-state index contributed by atoms with van der Waals surface area (Å²) in [6.45, 7) is 0. The van der Waals surface area contributed by atoms with E-state index in [2.05, 4.69) is 158 Å². The predicted octanol–water partition coefficient (Wildman–Crippen LogP) is 13.9. The SMILES string of the molecule is c1ccc(-c2cccc(-c3nc(-c4ccc(-c5ccc6c(c5)oc5ccccc56)c5c4C4(c6ccccc6-5)C5CC6CC(C5)CC4C6)nc4ccccc34)c2)cc1. The molecule has 9 aromatic rings. The Labute approximate surface area is 332 Å². The van der Waals surface area contributed by atoms with Gasteiger partial charge in [0.05, 0.1) is 11.2 Å². The average Bonchev–Trinajstić information content (AvgIpc) is 3.79. The van der Waals surface area contributed by atoms with E-state index in [1.807, 2.05) is 0 Å². The van der Waals surface area contributed by atoms with Gasteiger partial charge in [-0.2, -0.15) is 0 Å². The van der Waals surface area contributed by atoms with Crippen LogP contribution in [0.25, 0.3) is 88.9 Å². The third-order valence-corrected chi connectivity index (χ3v) is 14.5. The van der Waals surface area contributed by atoms with Crippen LogP contribution >= 0.6 is 0 Å². The summed E-state index contributed by atoms with van der Waals surface area (Å²) in [5, 5.41) is 3.40. The summed E-state index contributed by atoms with van der Waals surface area (Å²) >= 11 is 0. The fourth-order valence-corrected chi connectivity index (χ4v) is 12.5. The van der Waals surface area contributed by atoms with Gasteiger partial charge in [0.15, 0.2) is 5.82 Å². The van der Waals surface area contributed by atoms with Gasteiger partial charge in [0.2, 0.25) is 0 Å². The fraction of sp³-hybridized carbons (Fsp3) is 0.185. The molecule has 3 heteroatoms. The van der Waals surface area contributed by atoms with Crippen molar-refractivity contribution in [1.82, 2.24) is 9.97 Å². The highest BCUT2D eigenvalue weighted by molar-refractivity contribution is 6.07. The lowest BCUT2D eigenvalue weighted by Crippen LogP contribution is -2.55. The van der Waals surface area contributed by atoms with Crippen LogP contribution in [0.4, 0.5) is 0 Å². The minimum absolute atomic E-state index is 0.0729. The Morgan fingerprint density at radius 1 is 0.456 bits per heavy atom. The molecule has 0 radical (unpaired) electrons. The normalized spacial score (nSPS) is 22.8. The maximum absolute atomic E-state index is 6.50. The number of benzene rings is 7. The van der Waals surface area contributed by atoms with Crippen molar-refractivity contribution in [2.45, 2.75) is 37.5 Å². The van der Waals surface area contributed by atoms with Crippen molar-refractivity contribution in [2.24, 2.45) is 23.7 Å². The van der Waals surface area contributed by atoms with Gasteiger partial charge >= 0.3 is 0 Å². The van der Waals surface area contributed by atoms with Crippen molar-refractivity contribution in [3.63, 3.8) is 0 Å². The molecule has 14 rings (SSSR count). The van der Waals surface area contributed by atoms with E-state index in [0.29, 0.717) is 11.8 Å². The predicted molar refractivity (Wildman–Crippen MR) is 232 cm³/mol. The number of nitrogens with zero attached hydrogens (tertiary/aromatic N) is 2. The molecule has 7 aromatic carbocycles. The molecule has 0 saturated heterocycles. The molecule has 5 aliphatic rings. The molecule has 272 valence electrons. The van der Waals surface area contributed by atoms with Crippen molar-refractivity contribution < 1.29 is 4.42 Å². The van der Waals surface area contributed by atoms with Crippen LogP contribution in [0.15, 0.2) is 162 Å². The lowest BCUT2D eigenvalue weighted by atomic mass is 9.43. The molecule has 3 nitrogen and oxygen atoms in total. The summed E-state index contributed by atoms with van der Waals surface area (Å²) in [5.74, 6) is 3.72. The summed E-state index contributed by atoms with van der Waals surface area (Å²) in [6, 6.07) is 57.5. The molecule has 5 aliphatic carbocycles. The molecule has 0 aliphatic heterocycles. The molecular weight excluding hydrogens is 693 g/mol. The van der Waals surface area contributed by atoms with E-state index in [4.69, 9.17) is 14.4 Å². The molecule has 2 aromatic heterocycles. The third kappa shape index (κ3) is 4.49. The van der Waals surface area contributed by atoms with Gasteiger partial charge in [-0.3, -0.25) is 0 Å². The lowest BCUT2D eigenvalue weighted by molar-refractivity contribution is -0.0397. The van der Waals surface area contributed by atoms with Crippen LogP contribution in [-0.2, 0) is 5.41 Å². The van der Waals surface area contributed by atoms with Gasteiger partial charge < -0.3 is 4.42 Å². The Kier molecular flexibility index (Phi) is 6.62. The topological polar surface area (TPSA) is 38.9 Å². The number of fused-ring (bicyclic) bond motifs is 7. The summed E-state index contributed by atoms with van der Waals surface area (Å²) in [6.07, 6.45) is 6.66. The number of rotatable bonds is 4. The largest absolute Gasteiger partial charge is 0.456 e. The monoisotopic (exact) mass is 732 g/mol. The van der Waals surface area contributed by atoms with Gasteiger partial charge in [-0.1, -0.05) is 127 Å². The molecule has 0 unspecified atom stereocenters. The zero-order valence-electron chi connectivity index (χ0n) is 31.7. The molecule has 4 saturated carbocycles. The van der Waals surface area contributed by atoms with Gasteiger partial charge in [-0.25, -0.2) is 9.97 Å². The number of furan rings is 1. The smallest absolute Gasteiger partial charge is 0.160 e. The van der Waals surface area contributed by atoms with Crippen molar-refractivity contribution in [3.8, 4) is 56.0 Å². The van der Waals surface area contributed by atoms with Gasteiger partial charge in [0, 0.05) is 32.7 Å². The Balaban J connectivity index is 1.09. The first-order valence-electron chi connectivity index (χ1n) is 20.8. The fourth-order valence-electron chi connectivity index (χ4n) is 12.5. The first-order chi connectivity index (χ1) is 28.2. The third-order valence-electron chi connectivity index (χ3n) is 14.5. The highest BCUT2D eigenvalue weighted by atomic mass is 16.3. The van der Waals surface area contributed by atoms with E-state index < -0.39 is 0 Å². The minimum Gasteiger partial charge on any atom is -0.456 e. The maximum Gasteiger partial charge on any atom is 0.160 e. The van der Waals surface area contributed by atoms with E-state index in [1.54, 1.807) is 0 Å². The molecule has 4 bridgehead atoms. The van der Waals surface area contributed by atoms with Gasteiger partial charge in [0.1, 0.15) is 11.2 Å². The highest BCUT2D eigenvalue weighted by Crippen LogP contribution is 2.71. The van der Waals surface area contributed by atoms with Crippen LogP contribution in [0.3, 0.4) is 0 Å². The summed E-state index contributed by atoms with van der Waals surface area (Å²) < 4.78 is 6.50. The minimum atomic E-state index is -0.0729. The number of aromatic nitrogens is 2. The van der Waals surface area contributed by atoms with Gasteiger partial charge in [-0.05, 0) is 131 Å². The van der Waals surface area contributed by atoms with Crippen LogP contribution in [-0.4, -0.2) is 9.97 Å². The van der Waals surface area contributed by atoms with Crippen molar-refractivity contribution in [3.05, 3.63) is 169 Å². The lowest BCUT2D eigenvalue weighted by Gasteiger charge is -2.61. The van der Waals surface area contributed by atoms with Crippen molar-refractivity contribution in [2.75, 3.05) is 0 Å². The average molecular weight is 733 g/mol. The van der Waals surface area contributed by atoms with E-state index in [0.717, 1.165) is 61.8 Å². The second-order valence-electron chi connectivity index (χ2n) is 17.3. The van der Waals surface area contributed by atoms with Gasteiger partial charge in [-0.15, -0.1) is 0 Å². The Morgan fingerprint density at radius 2 is 1.14 bits per heavy atom. The Morgan fingerprint density at radius 3 is 2.00 bits per heavy atom. The molecule has 0 amide bonds. The van der Waals surface area contributed by atoms with Crippen molar-refractivity contribution >= 4 is 32.8 Å². The molecule has 0 N–H and O–H groups in total. The van der Waals surface area contributed by atoms with E-state index in [9.17, 15) is 0 Å². The summed E-state index contributed by atoms with van der Waals surface area (Å²) in [7, 11) is 0. The van der Waals surface area contributed by atoms with Crippen LogP contribution in [0.1, 0.15) is 43.2 Å². The standard InChI is InChI=1S/C54H40N2O/c1-2-11-34(12-3-1)35-13-10-14-37(30-35)52-44-17-5-8-19-47(44)55-53(56-52)45-24-23-40(36-21-22-42-41-15-6-9-20-48(41)57-49(42)31-36)50-43-16-4-7-18-46(43)54(51(45)50)38-26-32-25-33(28-38)29-39(54)27-32/h1-24,30-33,38-39H,25-29H2. The molecule has 0 atom stereocenters. The Bertz CT molecular complexity index is 3070. The molecular formula is C54H40N2O. The second kappa shape index (κ2) is 11.8. The quantitative estimate of drug-likeness (QED) is 0.181. The molecule has 4 fully saturated rings. The van der Waals surface area contributed by atoms with E-state index in [-0.39, 0.29) is 5.41 Å². The van der Waals surface area contributed by atoms with Gasteiger partial charge in [0.25, 0.3) is 0 Å².